The number of aromatic nitrogens is 1. The van der Waals surface area contributed by atoms with Gasteiger partial charge in [0.2, 0.25) is 11.8 Å². The van der Waals surface area contributed by atoms with Gasteiger partial charge in [0.05, 0.1) is 42.6 Å². The maximum atomic E-state index is 12.6. The molecule has 1 aromatic heterocycles. The second kappa shape index (κ2) is 12.5. The number of rotatable bonds is 8. The van der Waals surface area contributed by atoms with Crippen LogP contribution in [0.25, 0.3) is 10.8 Å². The van der Waals surface area contributed by atoms with Crippen molar-refractivity contribution in [3.8, 4) is 18.0 Å². The summed E-state index contributed by atoms with van der Waals surface area (Å²) >= 11 is 0. The summed E-state index contributed by atoms with van der Waals surface area (Å²) in [7, 11) is 0. The van der Waals surface area contributed by atoms with Gasteiger partial charge in [0.1, 0.15) is 11.6 Å². The molecule has 8 heteroatoms. The van der Waals surface area contributed by atoms with Gasteiger partial charge in [-0.05, 0) is 49.8 Å². The number of hydrogen-bond acceptors (Lipinski definition) is 7. The molecule has 0 radical (unpaired) electrons. The molecule has 2 atom stereocenters. The normalized spacial score (nSPS) is 17.3. The van der Waals surface area contributed by atoms with Crippen molar-refractivity contribution in [2.75, 3.05) is 36.0 Å². The van der Waals surface area contributed by atoms with Crippen molar-refractivity contribution in [3.63, 3.8) is 0 Å². The van der Waals surface area contributed by atoms with E-state index in [1.807, 2.05) is 6.92 Å². The summed E-state index contributed by atoms with van der Waals surface area (Å²) in [5, 5.41) is 22.5. The summed E-state index contributed by atoms with van der Waals surface area (Å²) in [4.78, 5) is 23.8. The Bertz CT molecular complexity index is 1580. The first-order valence-corrected chi connectivity index (χ1v) is 14.8. The molecule has 5 rings (SSSR count). The number of carbonyl (C=O) groups excluding carboxylic acids is 1. The maximum absolute atomic E-state index is 12.6. The number of carbonyl (C=O) groups is 1. The molecule has 0 aliphatic carbocycles. The van der Waals surface area contributed by atoms with Gasteiger partial charge in [-0.15, -0.1) is 0 Å². The molecule has 1 amide bonds. The van der Waals surface area contributed by atoms with Crippen LogP contribution in [0.2, 0.25) is 0 Å². The highest BCUT2D eigenvalue weighted by atomic mass is 16.5. The van der Waals surface area contributed by atoms with Gasteiger partial charge in [-0.1, -0.05) is 50.3 Å². The molecule has 42 heavy (non-hydrogen) atoms. The molecule has 1 saturated heterocycles. The molecule has 3 aromatic rings. The van der Waals surface area contributed by atoms with E-state index in [4.69, 9.17) is 9.72 Å². The van der Waals surface area contributed by atoms with E-state index in [9.17, 15) is 15.3 Å². The number of piperazine rings is 1. The SMILES string of the molecule is C=CC(=O)N1CCN(c2c(C#N)c(OC(C)CCC)nc3c2CCN(c2cccc4cccc(C)c24)C3)C[C@@H]1CC#N. The van der Waals surface area contributed by atoms with Crippen LogP contribution in [0.5, 0.6) is 5.88 Å². The maximum Gasteiger partial charge on any atom is 0.246 e. The quantitative estimate of drug-likeness (QED) is 0.327. The first-order valence-electron chi connectivity index (χ1n) is 14.8. The molecule has 216 valence electrons. The number of aryl methyl sites for hydroxylation is 1. The third-order valence-electron chi connectivity index (χ3n) is 8.43. The number of anilines is 2. The molecule has 3 heterocycles. The topological polar surface area (TPSA) is 96.5 Å². The number of fused-ring (bicyclic) bond motifs is 2. The second-order valence-corrected chi connectivity index (χ2v) is 11.2. The molecule has 1 fully saturated rings. The minimum atomic E-state index is -0.299. The van der Waals surface area contributed by atoms with Crippen molar-refractivity contribution in [2.45, 2.75) is 65.1 Å². The lowest BCUT2D eigenvalue weighted by molar-refractivity contribution is -0.128. The fourth-order valence-electron chi connectivity index (χ4n) is 6.45. The Morgan fingerprint density at radius 3 is 2.69 bits per heavy atom. The molecule has 0 N–H and O–H groups in total. The molecule has 8 nitrogen and oxygen atoms in total. The van der Waals surface area contributed by atoms with Gasteiger partial charge < -0.3 is 19.4 Å². The fraction of sp³-hybridized carbons (Fsp3) is 0.412. The van der Waals surface area contributed by atoms with Crippen molar-refractivity contribution in [1.82, 2.24) is 9.88 Å². The van der Waals surface area contributed by atoms with Crippen molar-refractivity contribution in [1.29, 1.82) is 10.5 Å². The van der Waals surface area contributed by atoms with Crippen molar-refractivity contribution >= 4 is 28.1 Å². The van der Waals surface area contributed by atoms with Crippen LogP contribution in [0.3, 0.4) is 0 Å². The molecule has 2 aromatic carbocycles. The van der Waals surface area contributed by atoms with E-state index in [2.05, 4.69) is 78.8 Å². The molecule has 2 aliphatic rings. The highest BCUT2D eigenvalue weighted by Gasteiger charge is 2.35. The summed E-state index contributed by atoms with van der Waals surface area (Å²) < 4.78 is 6.35. The molecular formula is C34H38N6O2. The lowest BCUT2D eigenvalue weighted by Gasteiger charge is -2.43. The monoisotopic (exact) mass is 562 g/mol. The lowest BCUT2D eigenvalue weighted by Crippen LogP contribution is -2.55. The molecule has 1 unspecified atom stereocenters. The van der Waals surface area contributed by atoms with Crippen LogP contribution in [0, 0.1) is 29.6 Å². The average molecular weight is 563 g/mol. The Kier molecular flexibility index (Phi) is 8.64. The number of ether oxygens (including phenoxy) is 1. The average Bonchev–Trinajstić information content (AvgIpc) is 3.00. The molecule has 0 spiro atoms. The van der Waals surface area contributed by atoms with Crippen LogP contribution >= 0.6 is 0 Å². The number of nitriles is 2. The van der Waals surface area contributed by atoms with Gasteiger partial charge in [-0.2, -0.15) is 10.5 Å². The zero-order valence-corrected chi connectivity index (χ0v) is 24.8. The summed E-state index contributed by atoms with van der Waals surface area (Å²) in [6.45, 7) is 12.7. The van der Waals surface area contributed by atoms with E-state index in [0.29, 0.717) is 44.0 Å². The van der Waals surface area contributed by atoms with Crippen LogP contribution in [0.4, 0.5) is 11.4 Å². The molecule has 2 aliphatic heterocycles. The Labute approximate surface area is 248 Å². The summed E-state index contributed by atoms with van der Waals surface area (Å²) in [5.74, 6) is 0.190. The van der Waals surface area contributed by atoms with Gasteiger partial charge in [-0.3, -0.25) is 4.79 Å². The Balaban J connectivity index is 1.59. The highest BCUT2D eigenvalue weighted by Crippen LogP contribution is 2.40. The van der Waals surface area contributed by atoms with E-state index in [0.717, 1.165) is 36.3 Å². The minimum Gasteiger partial charge on any atom is -0.474 e. The van der Waals surface area contributed by atoms with Gasteiger partial charge in [0.15, 0.2) is 0 Å². The third-order valence-corrected chi connectivity index (χ3v) is 8.43. The van der Waals surface area contributed by atoms with E-state index in [-0.39, 0.29) is 24.5 Å². The first-order chi connectivity index (χ1) is 20.4. The zero-order chi connectivity index (χ0) is 29.8. The lowest BCUT2D eigenvalue weighted by atomic mass is 9.95. The second-order valence-electron chi connectivity index (χ2n) is 11.2. The van der Waals surface area contributed by atoms with Crippen LogP contribution in [0.1, 0.15) is 55.5 Å². The summed E-state index contributed by atoms with van der Waals surface area (Å²) in [6.07, 6.45) is 3.95. The predicted octanol–water partition coefficient (Wildman–Crippen LogP) is 5.66. The number of hydrogen-bond donors (Lipinski definition) is 0. The smallest absolute Gasteiger partial charge is 0.246 e. The summed E-state index contributed by atoms with van der Waals surface area (Å²) in [6, 6.07) is 17.2. The van der Waals surface area contributed by atoms with Gasteiger partial charge >= 0.3 is 0 Å². The van der Waals surface area contributed by atoms with Crippen LogP contribution < -0.4 is 14.5 Å². The fourth-order valence-corrected chi connectivity index (χ4v) is 6.45. The highest BCUT2D eigenvalue weighted by molar-refractivity contribution is 5.97. The third kappa shape index (κ3) is 5.50. The predicted molar refractivity (Wildman–Crippen MR) is 166 cm³/mol. The first kappa shape index (κ1) is 29.0. The van der Waals surface area contributed by atoms with Crippen LogP contribution in [-0.4, -0.2) is 54.1 Å². The molecule has 0 bridgehead atoms. The van der Waals surface area contributed by atoms with Crippen molar-refractivity contribution < 1.29 is 9.53 Å². The number of benzene rings is 2. The van der Waals surface area contributed by atoms with E-state index in [1.165, 1.54) is 28.1 Å². The van der Waals surface area contributed by atoms with Crippen LogP contribution in [-0.2, 0) is 17.8 Å². The summed E-state index contributed by atoms with van der Waals surface area (Å²) in [5.41, 5.74) is 5.64. The Morgan fingerprint density at radius 1 is 1.19 bits per heavy atom. The number of pyridine rings is 1. The number of nitrogens with zero attached hydrogens (tertiary/aromatic N) is 6. The van der Waals surface area contributed by atoms with Crippen molar-refractivity contribution in [3.05, 3.63) is 71.4 Å². The molecule has 0 saturated carbocycles. The van der Waals surface area contributed by atoms with E-state index >= 15 is 0 Å². The van der Waals surface area contributed by atoms with Gasteiger partial charge in [0.25, 0.3) is 0 Å². The Morgan fingerprint density at radius 2 is 1.98 bits per heavy atom. The molecular weight excluding hydrogens is 524 g/mol. The number of amides is 1. The van der Waals surface area contributed by atoms with Gasteiger partial charge in [0, 0.05) is 42.8 Å². The minimum absolute atomic E-state index is 0.0886. The van der Waals surface area contributed by atoms with E-state index < -0.39 is 0 Å². The van der Waals surface area contributed by atoms with Gasteiger partial charge in [-0.25, -0.2) is 4.98 Å². The Hall–Kier alpha value is -4.56. The largest absolute Gasteiger partial charge is 0.474 e. The van der Waals surface area contributed by atoms with Crippen molar-refractivity contribution in [2.24, 2.45) is 0 Å². The van der Waals surface area contributed by atoms with E-state index in [1.54, 1.807) is 4.90 Å². The van der Waals surface area contributed by atoms with Crippen LogP contribution in [0.15, 0.2) is 49.1 Å². The standard InChI is InChI=1S/C34H38N6O2/c1-5-9-24(4)42-34-28(20-36)33(39-18-19-40(31(41)6-2)26(21-39)14-16-35)27-15-17-38(22-29(27)37-34)30-13-8-12-25-11-7-10-23(3)32(25)30/h6-8,10-13,24,26H,2,5,9,14-15,17-19,21-22H2,1,3-4H3/t24?,26-/m0/s1. The zero-order valence-electron chi connectivity index (χ0n) is 24.8.